The largest absolute Gasteiger partial charge is 0.459 e. The van der Waals surface area contributed by atoms with E-state index in [-0.39, 0.29) is 24.0 Å². The zero-order valence-corrected chi connectivity index (χ0v) is 16.0. The van der Waals surface area contributed by atoms with E-state index in [2.05, 4.69) is 38.7 Å². The summed E-state index contributed by atoms with van der Waals surface area (Å²) in [4.78, 5) is 8.13. The summed E-state index contributed by atoms with van der Waals surface area (Å²) < 4.78 is 7.66. The van der Waals surface area contributed by atoms with Crippen LogP contribution in [0.25, 0.3) is 11.0 Å². The van der Waals surface area contributed by atoms with Crippen LogP contribution >= 0.6 is 24.0 Å². The SMILES string of the molecule is CN=C(NCCn1cncn1)NCc1oc2ccccc2c1C.I. The second kappa shape index (κ2) is 8.67. The highest BCUT2D eigenvalue weighted by Crippen LogP contribution is 2.24. The lowest BCUT2D eigenvalue weighted by atomic mass is 10.1. The van der Waals surface area contributed by atoms with E-state index >= 15 is 0 Å². The van der Waals surface area contributed by atoms with Crippen molar-refractivity contribution in [3.05, 3.63) is 48.2 Å². The number of hydrogen-bond acceptors (Lipinski definition) is 4. The fourth-order valence-electron chi connectivity index (χ4n) is 2.42. The molecule has 0 bridgehead atoms. The molecule has 0 aliphatic carbocycles. The molecule has 3 rings (SSSR count). The van der Waals surface area contributed by atoms with Gasteiger partial charge in [0.25, 0.3) is 0 Å². The van der Waals surface area contributed by atoms with Gasteiger partial charge in [0.05, 0.1) is 13.1 Å². The number of nitrogens with zero attached hydrogens (tertiary/aromatic N) is 4. The van der Waals surface area contributed by atoms with Crippen LogP contribution in [-0.2, 0) is 13.1 Å². The summed E-state index contributed by atoms with van der Waals surface area (Å²) in [7, 11) is 1.75. The van der Waals surface area contributed by atoms with Gasteiger partial charge in [-0.2, -0.15) is 5.10 Å². The zero-order chi connectivity index (χ0) is 16.1. The summed E-state index contributed by atoms with van der Waals surface area (Å²) in [6, 6.07) is 8.06. The molecule has 2 N–H and O–H groups in total. The third-order valence-corrected chi connectivity index (χ3v) is 3.68. The van der Waals surface area contributed by atoms with Crippen molar-refractivity contribution in [3.8, 4) is 0 Å². The standard InChI is InChI=1S/C16H20N6O.HI/c1-12-13-5-3-4-6-14(13)23-15(12)9-20-16(17-2)19-7-8-22-11-18-10-21-22;/h3-6,10-11H,7-9H2,1-2H3,(H2,17,19,20);1H. The van der Waals surface area contributed by atoms with E-state index in [1.165, 1.54) is 6.33 Å². The molecule has 7 nitrogen and oxygen atoms in total. The molecule has 2 heterocycles. The predicted molar refractivity (Wildman–Crippen MR) is 105 cm³/mol. The zero-order valence-electron chi connectivity index (χ0n) is 13.7. The summed E-state index contributed by atoms with van der Waals surface area (Å²) in [6.07, 6.45) is 3.22. The van der Waals surface area contributed by atoms with Gasteiger partial charge in [-0.15, -0.1) is 24.0 Å². The van der Waals surface area contributed by atoms with Gasteiger partial charge in [-0.25, -0.2) is 4.98 Å². The summed E-state index contributed by atoms with van der Waals surface area (Å²) in [5, 5.41) is 11.7. The minimum absolute atomic E-state index is 0. The molecule has 0 spiro atoms. The van der Waals surface area contributed by atoms with Crippen molar-refractivity contribution >= 4 is 40.9 Å². The number of aromatic nitrogens is 3. The van der Waals surface area contributed by atoms with Crippen LogP contribution in [0.3, 0.4) is 0 Å². The second-order valence-corrected chi connectivity index (χ2v) is 5.16. The molecule has 24 heavy (non-hydrogen) atoms. The monoisotopic (exact) mass is 440 g/mol. The highest BCUT2D eigenvalue weighted by Gasteiger charge is 2.10. The van der Waals surface area contributed by atoms with Crippen LogP contribution in [0.1, 0.15) is 11.3 Å². The molecule has 0 radical (unpaired) electrons. The number of nitrogens with one attached hydrogen (secondary N) is 2. The maximum Gasteiger partial charge on any atom is 0.191 e. The lowest BCUT2D eigenvalue weighted by Gasteiger charge is -2.11. The first kappa shape index (κ1) is 18.2. The summed E-state index contributed by atoms with van der Waals surface area (Å²) in [6.45, 7) is 4.10. The Morgan fingerprint density at radius 1 is 1.29 bits per heavy atom. The first-order valence-corrected chi connectivity index (χ1v) is 7.52. The average Bonchev–Trinajstić information content (AvgIpc) is 3.19. The number of furan rings is 1. The van der Waals surface area contributed by atoms with Crippen molar-refractivity contribution in [2.24, 2.45) is 4.99 Å². The third-order valence-electron chi connectivity index (χ3n) is 3.68. The van der Waals surface area contributed by atoms with Gasteiger partial charge in [-0.1, -0.05) is 18.2 Å². The minimum Gasteiger partial charge on any atom is -0.459 e. The van der Waals surface area contributed by atoms with E-state index in [4.69, 9.17) is 4.42 Å². The molecule has 0 aliphatic rings. The van der Waals surface area contributed by atoms with Crippen molar-refractivity contribution in [3.63, 3.8) is 0 Å². The van der Waals surface area contributed by atoms with E-state index in [0.29, 0.717) is 13.1 Å². The molecular formula is C16H21IN6O. The Balaban J connectivity index is 0.00000208. The van der Waals surface area contributed by atoms with Crippen molar-refractivity contribution in [1.82, 2.24) is 25.4 Å². The highest BCUT2D eigenvalue weighted by atomic mass is 127. The van der Waals surface area contributed by atoms with E-state index in [0.717, 1.165) is 34.8 Å². The molecule has 0 aliphatic heterocycles. The molecule has 0 fully saturated rings. The second-order valence-electron chi connectivity index (χ2n) is 5.16. The first-order valence-electron chi connectivity index (χ1n) is 7.52. The topological polar surface area (TPSA) is 80.3 Å². The van der Waals surface area contributed by atoms with E-state index < -0.39 is 0 Å². The molecule has 1 aromatic carbocycles. The van der Waals surface area contributed by atoms with Crippen LogP contribution in [0.15, 0.2) is 46.3 Å². The summed E-state index contributed by atoms with van der Waals surface area (Å²) in [5.41, 5.74) is 2.07. The number of rotatable bonds is 5. The normalized spacial score (nSPS) is 11.3. The van der Waals surface area contributed by atoms with Gasteiger partial charge in [-0.05, 0) is 13.0 Å². The third kappa shape index (κ3) is 4.25. The van der Waals surface area contributed by atoms with E-state index in [1.807, 2.05) is 18.2 Å². The van der Waals surface area contributed by atoms with Crippen molar-refractivity contribution in [2.45, 2.75) is 20.0 Å². The Kier molecular flexibility index (Phi) is 6.59. The number of halogens is 1. The van der Waals surface area contributed by atoms with Gasteiger partial charge in [0.1, 0.15) is 24.0 Å². The van der Waals surface area contributed by atoms with Crippen LogP contribution in [-0.4, -0.2) is 34.3 Å². The predicted octanol–water partition coefficient (Wildman–Crippen LogP) is 2.32. The molecule has 8 heteroatoms. The highest BCUT2D eigenvalue weighted by molar-refractivity contribution is 14.0. The smallest absolute Gasteiger partial charge is 0.191 e. The Hall–Kier alpha value is -2.10. The van der Waals surface area contributed by atoms with Gasteiger partial charge in [0, 0.05) is 24.5 Å². The van der Waals surface area contributed by atoms with Crippen molar-refractivity contribution in [1.29, 1.82) is 0 Å². The number of hydrogen-bond donors (Lipinski definition) is 2. The van der Waals surface area contributed by atoms with Gasteiger partial charge >= 0.3 is 0 Å². The van der Waals surface area contributed by atoms with Crippen LogP contribution in [0.5, 0.6) is 0 Å². The Bertz CT molecular complexity index is 796. The number of aliphatic imine (C=N–C) groups is 1. The van der Waals surface area contributed by atoms with E-state index in [1.54, 1.807) is 18.1 Å². The first-order chi connectivity index (χ1) is 11.3. The van der Waals surface area contributed by atoms with Crippen LogP contribution in [0, 0.1) is 6.92 Å². The molecule has 128 valence electrons. The van der Waals surface area contributed by atoms with Gasteiger partial charge in [0.15, 0.2) is 5.96 Å². The number of guanidine groups is 1. The number of benzene rings is 1. The van der Waals surface area contributed by atoms with Crippen LogP contribution in [0.2, 0.25) is 0 Å². The molecule has 0 atom stereocenters. The van der Waals surface area contributed by atoms with Gasteiger partial charge in [0.2, 0.25) is 0 Å². The van der Waals surface area contributed by atoms with Crippen LogP contribution < -0.4 is 10.6 Å². The molecule has 0 amide bonds. The molecule has 0 unspecified atom stereocenters. The Morgan fingerprint density at radius 3 is 2.83 bits per heavy atom. The van der Waals surface area contributed by atoms with Crippen molar-refractivity contribution < 1.29 is 4.42 Å². The molecule has 2 aromatic heterocycles. The number of aryl methyl sites for hydroxylation is 1. The average molecular weight is 440 g/mol. The fourth-order valence-corrected chi connectivity index (χ4v) is 2.42. The summed E-state index contributed by atoms with van der Waals surface area (Å²) in [5.74, 6) is 1.65. The molecule has 0 saturated heterocycles. The molecule has 0 saturated carbocycles. The number of fused-ring (bicyclic) bond motifs is 1. The molecular weight excluding hydrogens is 419 g/mol. The quantitative estimate of drug-likeness (QED) is 0.362. The Morgan fingerprint density at radius 2 is 2.12 bits per heavy atom. The maximum absolute atomic E-state index is 5.89. The minimum atomic E-state index is 0. The Labute approximate surface area is 157 Å². The summed E-state index contributed by atoms with van der Waals surface area (Å²) >= 11 is 0. The lowest BCUT2D eigenvalue weighted by Crippen LogP contribution is -2.38. The lowest BCUT2D eigenvalue weighted by molar-refractivity contribution is 0.532. The van der Waals surface area contributed by atoms with Gasteiger partial charge < -0.3 is 15.1 Å². The molecule has 3 aromatic rings. The maximum atomic E-state index is 5.89. The van der Waals surface area contributed by atoms with E-state index in [9.17, 15) is 0 Å². The van der Waals surface area contributed by atoms with Crippen LogP contribution in [0.4, 0.5) is 0 Å². The number of para-hydroxylation sites is 1. The van der Waals surface area contributed by atoms with Crippen molar-refractivity contribution in [2.75, 3.05) is 13.6 Å². The fraction of sp³-hybridized carbons (Fsp3) is 0.312. The van der Waals surface area contributed by atoms with Gasteiger partial charge in [-0.3, -0.25) is 9.67 Å².